The van der Waals surface area contributed by atoms with Crippen molar-refractivity contribution in [1.82, 2.24) is 9.88 Å². The lowest BCUT2D eigenvalue weighted by molar-refractivity contribution is -0.385. The minimum absolute atomic E-state index is 0.00583. The van der Waals surface area contributed by atoms with Gasteiger partial charge in [-0.2, -0.15) is 0 Å². The molecule has 1 aliphatic heterocycles. The standard InChI is InChI=1S/C21H20N4O4/c26-21(15-29-19-7-5-16-3-1-2-4-17(16)13-19)24-11-9-23(10-12-24)20-8-6-18(14-22-20)25(27)28/h1-8,13-14H,9-12,15H2. The molecule has 1 amide bonds. The van der Waals surface area contributed by atoms with Crippen molar-refractivity contribution in [2.75, 3.05) is 37.7 Å². The SMILES string of the molecule is O=C(COc1ccc2ccccc2c1)N1CCN(c2ccc([N+](=O)[O-])cn2)CC1. The van der Waals surface area contributed by atoms with Crippen LogP contribution in [0.25, 0.3) is 10.8 Å². The van der Waals surface area contributed by atoms with Crippen LogP contribution in [0.3, 0.4) is 0 Å². The zero-order valence-corrected chi connectivity index (χ0v) is 15.7. The van der Waals surface area contributed by atoms with E-state index in [0.717, 1.165) is 10.8 Å². The van der Waals surface area contributed by atoms with Crippen LogP contribution in [0.2, 0.25) is 0 Å². The predicted molar refractivity (Wildman–Crippen MR) is 109 cm³/mol. The molecule has 0 aliphatic carbocycles. The summed E-state index contributed by atoms with van der Waals surface area (Å²) in [6.07, 6.45) is 1.25. The number of amides is 1. The van der Waals surface area contributed by atoms with Crippen molar-refractivity contribution in [3.8, 4) is 5.75 Å². The molecule has 0 atom stereocenters. The van der Waals surface area contributed by atoms with E-state index in [4.69, 9.17) is 4.74 Å². The molecule has 2 aromatic carbocycles. The van der Waals surface area contributed by atoms with Gasteiger partial charge in [0.25, 0.3) is 11.6 Å². The van der Waals surface area contributed by atoms with Crippen LogP contribution < -0.4 is 9.64 Å². The third kappa shape index (κ3) is 4.26. The average molecular weight is 392 g/mol. The first-order valence-corrected chi connectivity index (χ1v) is 9.35. The fourth-order valence-electron chi connectivity index (χ4n) is 3.35. The highest BCUT2D eigenvalue weighted by atomic mass is 16.6. The van der Waals surface area contributed by atoms with Crippen LogP contribution in [0, 0.1) is 10.1 Å². The lowest BCUT2D eigenvalue weighted by Gasteiger charge is -2.35. The van der Waals surface area contributed by atoms with Crippen LogP contribution >= 0.6 is 0 Å². The van der Waals surface area contributed by atoms with E-state index in [2.05, 4.69) is 4.98 Å². The second-order valence-electron chi connectivity index (χ2n) is 6.80. The van der Waals surface area contributed by atoms with Crippen molar-refractivity contribution >= 4 is 28.2 Å². The Morgan fingerprint density at radius 2 is 1.79 bits per heavy atom. The maximum atomic E-state index is 12.5. The molecule has 0 radical (unpaired) electrons. The topological polar surface area (TPSA) is 88.8 Å². The number of pyridine rings is 1. The highest BCUT2D eigenvalue weighted by Crippen LogP contribution is 2.21. The van der Waals surface area contributed by atoms with Crippen LogP contribution in [0.15, 0.2) is 60.8 Å². The number of anilines is 1. The van der Waals surface area contributed by atoms with Crippen molar-refractivity contribution < 1.29 is 14.5 Å². The molecule has 0 bridgehead atoms. The molecule has 2 heterocycles. The summed E-state index contributed by atoms with van der Waals surface area (Å²) in [5.41, 5.74) is -0.0339. The fraction of sp³-hybridized carbons (Fsp3) is 0.238. The number of rotatable bonds is 5. The molecule has 8 heteroatoms. The summed E-state index contributed by atoms with van der Waals surface area (Å²) in [5, 5.41) is 12.9. The molecule has 3 aromatic rings. The fourth-order valence-corrected chi connectivity index (χ4v) is 3.35. The van der Waals surface area contributed by atoms with Crippen molar-refractivity contribution in [3.05, 3.63) is 70.9 Å². The van der Waals surface area contributed by atoms with Gasteiger partial charge in [0.05, 0.1) is 4.92 Å². The number of ether oxygens (including phenoxy) is 1. The van der Waals surface area contributed by atoms with E-state index in [1.807, 2.05) is 47.4 Å². The molecule has 1 fully saturated rings. The van der Waals surface area contributed by atoms with Crippen LogP contribution in [-0.2, 0) is 4.79 Å². The van der Waals surface area contributed by atoms with E-state index >= 15 is 0 Å². The first-order chi connectivity index (χ1) is 14.1. The van der Waals surface area contributed by atoms with Gasteiger partial charge in [0.1, 0.15) is 17.8 Å². The van der Waals surface area contributed by atoms with Gasteiger partial charge in [-0.25, -0.2) is 4.98 Å². The van der Waals surface area contributed by atoms with E-state index in [0.29, 0.717) is 37.7 Å². The Labute approximate surface area is 167 Å². The number of aromatic nitrogens is 1. The summed E-state index contributed by atoms with van der Waals surface area (Å²) >= 11 is 0. The van der Waals surface area contributed by atoms with Crippen molar-refractivity contribution in [1.29, 1.82) is 0 Å². The Morgan fingerprint density at radius 3 is 2.48 bits per heavy atom. The van der Waals surface area contributed by atoms with E-state index in [1.165, 1.54) is 12.3 Å². The molecule has 8 nitrogen and oxygen atoms in total. The number of hydrogen-bond acceptors (Lipinski definition) is 6. The Kier molecular flexibility index (Phi) is 5.24. The van der Waals surface area contributed by atoms with Gasteiger partial charge in [-0.3, -0.25) is 14.9 Å². The smallest absolute Gasteiger partial charge is 0.287 e. The van der Waals surface area contributed by atoms with E-state index < -0.39 is 4.92 Å². The second-order valence-corrected chi connectivity index (χ2v) is 6.80. The molecular formula is C21H20N4O4. The summed E-state index contributed by atoms with van der Waals surface area (Å²) in [7, 11) is 0. The maximum absolute atomic E-state index is 12.5. The Balaban J connectivity index is 1.29. The molecule has 148 valence electrons. The van der Waals surface area contributed by atoms with Gasteiger partial charge in [0, 0.05) is 32.2 Å². The normalized spacial score (nSPS) is 14.1. The zero-order chi connectivity index (χ0) is 20.2. The Bertz CT molecular complexity index is 1030. The largest absolute Gasteiger partial charge is 0.484 e. The molecule has 1 saturated heterocycles. The number of fused-ring (bicyclic) bond motifs is 1. The van der Waals surface area contributed by atoms with Crippen LogP contribution in [-0.4, -0.2) is 53.5 Å². The number of piperazine rings is 1. The minimum Gasteiger partial charge on any atom is -0.484 e. The summed E-state index contributed by atoms with van der Waals surface area (Å²) in [6.45, 7) is 2.34. The zero-order valence-electron chi connectivity index (χ0n) is 15.7. The van der Waals surface area contributed by atoms with Gasteiger partial charge in [-0.1, -0.05) is 30.3 Å². The second kappa shape index (κ2) is 8.14. The molecule has 1 aliphatic rings. The van der Waals surface area contributed by atoms with Gasteiger partial charge >= 0.3 is 0 Å². The molecule has 0 N–H and O–H groups in total. The molecule has 0 unspecified atom stereocenters. The number of carbonyl (C=O) groups excluding carboxylic acids is 1. The van der Waals surface area contributed by atoms with Gasteiger partial charge in [-0.05, 0) is 29.0 Å². The first kappa shape index (κ1) is 18.7. The molecule has 1 aromatic heterocycles. The number of hydrogen-bond donors (Lipinski definition) is 0. The van der Waals surface area contributed by atoms with E-state index in [9.17, 15) is 14.9 Å². The molecular weight excluding hydrogens is 372 g/mol. The number of benzene rings is 2. The monoisotopic (exact) mass is 392 g/mol. The van der Waals surface area contributed by atoms with Crippen molar-refractivity contribution in [2.45, 2.75) is 0 Å². The maximum Gasteiger partial charge on any atom is 0.287 e. The van der Waals surface area contributed by atoms with Crippen LogP contribution in [0.4, 0.5) is 11.5 Å². The van der Waals surface area contributed by atoms with Gasteiger partial charge in [-0.15, -0.1) is 0 Å². The third-order valence-electron chi connectivity index (χ3n) is 4.98. The summed E-state index contributed by atoms with van der Waals surface area (Å²) in [6, 6.07) is 16.9. The lowest BCUT2D eigenvalue weighted by atomic mass is 10.1. The van der Waals surface area contributed by atoms with Crippen molar-refractivity contribution in [2.24, 2.45) is 0 Å². The molecule has 0 saturated carbocycles. The highest BCUT2D eigenvalue weighted by Gasteiger charge is 2.22. The van der Waals surface area contributed by atoms with E-state index in [-0.39, 0.29) is 18.2 Å². The summed E-state index contributed by atoms with van der Waals surface area (Å²) in [4.78, 5) is 30.7. The minimum atomic E-state index is -0.469. The number of nitro groups is 1. The lowest BCUT2D eigenvalue weighted by Crippen LogP contribution is -2.50. The number of nitrogens with zero attached hydrogens (tertiary/aromatic N) is 4. The molecule has 0 spiro atoms. The third-order valence-corrected chi connectivity index (χ3v) is 4.98. The predicted octanol–water partition coefficient (Wildman–Crippen LogP) is 2.87. The summed E-state index contributed by atoms with van der Waals surface area (Å²) < 4.78 is 5.70. The summed E-state index contributed by atoms with van der Waals surface area (Å²) in [5.74, 6) is 1.29. The van der Waals surface area contributed by atoms with Crippen LogP contribution in [0.5, 0.6) is 5.75 Å². The quantitative estimate of drug-likeness (QED) is 0.490. The molecule has 4 rings (SSSR count). The molecule has 29 heavy (non-hydrogen) atoms. The average Bonchev–Trinajstić information content (AvgIpc) is 2.77. The van der Waals surface area contributed by atoms with Crippen LogP contribution in [0.1, 0.15) is 0 Å². The van der Waals surface area contributed by atoms with Gasteiger partial charge < -0.3 is 14.5 Å². The Hall–Kier alpha value is -3.68. The highest BCUT2D eigenvalue weighted by molar-refractivity contribution is 5.84. The van der Waals surface area contributed by atoms with Crippen molar-refractivity contribution in [3.63, 3.8) is 0 Å². The first-order valence-electron chi connectivity index (χ1n) is 9.35. The Morgan fingerprint density at radius 1 is 1.03 bits per heavy atom. The van der Waals surface area contributed by atoms with Gasteiger partial charge in [0.2, 0.25) is 0 Å². The van der Waals surface area contributed by atoms with E-state index in [1.54, 1.807) is 11.0 Å². The van der Waals surface area contributed by atoms with Gasteiger partial charge in [0.15, 0.2) is 6.61 Å². The number of carbonyl (C=O) groups is 1.